The van der Waals surface area contributed by atoms with Crippen LogP contribution in [-0.2, 0) is 14.2 Å². The summed E-state index contributed by atoms with van der Waals surface area (Å²) in [6.07, 6.45) is 11.6. The van der Waals surface area contributed by atoms with Crippen molar-refractivity contribution in [1.29, 1.82) is 0 Å². The molecule has 5 nitrogen and oxygen atoms in total. The summed E-state index contributed by atoms with van der Waals surface area (Å²) in [5.74, 6) is -0.190. The zero-order valence-corrected chi connectivity index (χ0v) is 16.2. The van der Waals surface area contributed by atoms with Crippen LogP contribution in [-0.4, -0.2) is 53.6 Å². The van der Waals surface area contributed by atoms with Crippen LogP contribution in [0.15, 0.2) is 12.2 Å². The maximum absolute atomic E-state index is 11.0. The van der Waals surface area contributed by atoms with Crippen molar-refractivity contribution < 1.29 is 24.4 Å². The molecule has 26 heavy (non-hydrogen) atoms. The Morgan fingerprint density at radius 2 is 1.81 bits per heavy atom. The zero-order valence-electron chi connectivity index (χ0n) is 16.2. The van der Waals surface area contributed by atoms with Gasteiger partial charge in [-0.15, -0.1) is 0 Å². The van der Waals surface area contributed by atoms with Gasteiger partial charge in [-0.3, -0.25) is 0 Å². The van der Waals surface area contributed by atoms with E-state index in [0.29, 0.717) is 25.6 Å². The molecule has 0 amide bonds. The Bertz CT molecular complexity index is 533. The molecule has 3 saturated carbocycles. The topological polar surface area (TPSA) is 68.2 Å². The van der Waals surface area contributed by atoms with Gasteiger partial charge in [0.2, 0.25) is 0 Å². The molecular formula is C21H34O5. The van der Waals surface area contributed by atoms with Gasteiger partial charge in [-0.1, -0.05) is 31.4 Å². The van der Waals surface area contributed by atoms with Crippen molar-refractivity contribution in [3.63, 3.8) is 0 Å². The van der Waals surface area contributed by atoms with E-state index >= 15 is 0 Å². The Labute approximate surface area is 156 Å². The van der Waals surface area contributed by atoms with Crippen molar-refractivity contribution >= 4 is 0 Å². The van der Waals surface area contributed by atoms with Crippen LogP contribution in [0.2, 0.25) is 0 Å². The van der Waals surface area contributed by atoms with Crippen LogP contribution in [0.4, 0.5) is 0 Å². The van der Waals surface area contributed by atoms with Crippen molar-refractivity contribution in [3.05, 3.63) is 12.2 Å². The molecule has 0 aromatic carbocycles. The van der Waals surface area contributed by atoms with Gasteiger partial charge in [0.1, 0.15) is 5.60 Å². The van der Waals surface area contributed by atoms with Gasteiger partial charge in [-0.05, 0) is 38.5 Å². The molecule has 4 fully saturated rings. The number of hydrogen-bond acceptors (Lipinski definition) is 5. The Morgan fingerprint density at radius 3 is 2.46 bits per heavy atom. The first kappa shape index (κ1) is 18.9. The number of methoxy groups -OCH3 is 1. The Kier molecular flexibility index (Phi) is 4.98. The van der Waals surface area contributed by atoms with E-state index in [9.17, 15) is 10.2 Å². The third kappa shape index (κ3) is 2.78. The van der Waals surface area contributed by atoms with Crippen LogP contribution in [0.5, 0.6) is 0 Å². The molecule has 1 saturated heterocycles. The molecule has 0 aromatic rings. The molecular weight excluding hydrogens is 332 g/mol. The van der Waals surface area contributed by atoms with Gasteiger partial charge < -0.3 is 24.4 Å². The third-order valence-electron chi connectivity index (χ3n) is 7.66. The highest BCUT2D eigenvalue weighted by molar-refractivity contribution is 5.21. The van der Waals surface area contributed by atoms with E-state index in [1.165, 1.54) is 19.3 Å². The summed E-state index contributed by atoms with van der Waals surface area (Å²) >= 11 is 0. The van der Waals surface area contributed by atoms with E-state index in [-0.39, 0.29) is 11.8 Å². The highest BCUT2D eigenvalue weighted by Gasteiger charge is 2.73. The van der Waals surface area contributed by atoms with Crippen molar-refractivity contribution in [1.82, 2.24) is 0 Å². The normalized spacial score (nSPS) is 42.5. The summed E-state index contributed by atoms with van der Waals surface area (Å²) in [5.41, 5.74) is -1.29. The average molecular weight is 366 g/mol. The predicted molar refractivity (Wildman–Crippen MR) is 97.6 cm³/mol. The van der Waals surface area contributed by atoms with Crippen LogP contribution in [0, 0.1) is 17.8 Å². The number of fused-ring (bicyclic) bond motifs is 2. The van der Waals surface area contributed by atoms with Crippen LogP contribution < -0.4 is 0 Å². The minimum absolute atomic E-state index is 0.0304. The second kappa shape index (κ2) is 6.85. The van der Waals surface area contributed by atoms with Gasteiger partial charge >= 0.3 is 0 Å². The molecule has 0 unspecified atom stereocenters. The van der Waals surface area contributed by atoms with Gasteiger partial charge in [0.05, 0.1) is 24.9 Å². The van der Waals surface area contributed by atoms with Crippen LogP contribution in [0.1, 0.15) is 58.3 Å². The summed E-state index contributed by atoms with van der Waals surface area (Å²) in [5, 5.41) is 21.7. The second-order valence-electron chi connectivity index (χ2n) is 8.96. The van der Waals surface area contributed by atoms with Gasteiger partial charge in [-0.2, -0.15) is 0 Å². The lowest BCUT2D eigenvalue weighted by Gasteiger charge is -2.64. The van der Waals surface area contributed by atoms with E-state index in [4.69, 9.17) is 14.2 Å². The number of aliphatic hydroxyl groups is 2. The molecule has 1 heterocycles. The van der Waals surface area contributed by atoms with E-state index < -0.39 is 23.1 Å². The van der Waals surface area contributed by atoms with Crippen LogP contribution >= 0.6 is 0 Å². The molecule has 4 aliphatic rings. The summed E-state index contributed by atoms with van der Waals surface area (Å²) < 4.78 is 17.9. The minimum atomic E-state index is -0.810. The maximum Gasteiger partial charge on any atom is 0.198 e. The van der Waals surface area contributed by atoms with Crippen molar-refractivity contribution in [2.24, 2.45) is 17.8 Å². The quantitative estimate of drug-likeness (QED) is 0.749. The summed E-state index contributed by atoms with van der Waals surface area (Å²) in [7, 11) is 1.73. The molecule has 1 spiro atoms. The van der Waals surface area contributed by atoms with Crippen molar-refractivity contribution in [3.8, 4) is 0 Å². The molecule has 1 aliphatic heterocycles. The number of rotatable bonds is 4. The molecule has 5 atom stereocenters. The molecule has 148 valence electrons. The lowest BCUT2D eigenvalue weighted by atomic mass is 9.52. The Hall–Kier alpha value is -0.460. The van der Waals surface area contributed by atoms with Crippen molar-refractivity contribution in [2.45, 2.75) is 81.4 Å². The van der Waals surface area contributed by atoms with Crippen LogP contribution in [0.3, 0.4) is 0 Å². The fourth-order valence-electron chi connectivity index (χ4n) is 6.04. The first-order valence-corrected chi connectivity index (χ1v) is 10.4. The highest BCUT2D eigenvalue weighted by Crippen LogP contribution is 2.62. The molecule has 5 heteroatoms. The van der Waals surface area contributed by atoms with E-state index in [1.807, 2.05) is 13.0 Å². The van der Waals surface area contributed by atoms with E-state index in [2.05, 4.69) is 6.08 Å². The largest absolute Gasteiger partial charge is 0.393 e. The lowest BCUT2D eigenvalue weighted by molar-refractivity contribution is -0.382. The molecule has 4 rings (SSSR count). The van der Waals surface area contributed by atoms with Gasteiger partial charge in [0, 0.05) is 25.4 Å². The van der Waals surface area contributed by atoms with Gasteiger partial charge in [0.25, 0.3) is 0 Å². The summed E-state index contributed by atoms with van der Waals surface area (Å²) in [6, 6.07) is 0. The Balaban J connectivity index is 1.52. The molecule has 0 radical (unpaired) electrons. The SMILES string of the molecule is CO[C@]12CC[C@@H](O)[C@H](/C=C/[C@@](C)(O)C3CCCCC3)[C@H]1CC21OCCO1. The molecule has 2 N–H and O–H groups in total. The molecule has 0 bridgehead atoms. The average Bonchev–Trinajstić information content (AvgIpc) is 3.14. The molecule has 3 aliphatic carbocycles. The van der Waals surface area contributed by atoms with E-state index in [1.54, 1.807) is 7.11 Å². The lowest BCUT2D eigenvalue weighted by Crippen LogP contribution is -2.74. The maximum atomic E-state index is 11.0. The monoisotopic (exact) mass is 366 g/mol. The van der Waals surface area contributed by atoms with Gasteiger partial charge in [-0.25, -0.2) is 0 Å². The standard InChI is InChI=1S/C21H34O5/c1-19(23,15-6-4-3-5-7-15)10-8-16-17-14-21(25-12-13-26-21)20(17,24-2)11-9-18(16)22/h8,10,15-18,22-23H,3-7,9,11-14H2,1-2H3/b10-8+/t16-,17-,18-,19-,20-/m1/s1. The second-order valence-corrected chi connectivity index (χ2v) is 8.96. The van der Waals surface area contributed by atoms with Crippen molar-refractivity contribution in [2.75, 3.05) is 20.3 Å². The fraction of sp³-hybridized carbons (Fsp3) is 0.905. The smallest absolute Gasteiger partial charge is 0.198 e. The highest BCUT2D eigenvalue weighted by atomic mass is 16.8. The van der Waals surface area contributed by atoms with E-state index in [0.717, 1.165) is 25.7 Å². The number of ether oxygens (including phenoxy) is 3. The fourth-order valence-corrected chi connectivity index (χ4v) is 6.04. The number of hydrogen-bond donors (Lipinski definition) is 2. The molecule has 0 aromatic heterocycles. The zero-order chi connectivity index (χ0) is 18.4. The first-order valence-electron chi connectivity index (χ1n) is 10.4. The summed E-state index contributed by atoms with van der Waals surface area (Å²) in [4.78, 5) is 0. The number of aliphatic hydroxyl groups excluding tert-OH is 1. The third-order valence-corrected chi connectivity index (χ3v) is 7.66. The van der Waals surface area contributed by atoms with Gasteiger partial charge in [0.15, 0.2) is 5.79 Å². The Morgan fingerprint density at radius 1 is 1.12 bits per heavy atom. The van der Waals surface area contributed by atoms with Crippen LogP contribution in [0.25, 0.3) is 0 Å². The summed E-state index contributed by atoms with van der Waals surface area (Å²) in [6.45, 7) is 3.14. The predicted octanol–water partition coefficient (Wildman–Crippen LogP) is 2.79. The minimum Gasteiger partial charge on any atom is -0.393 e. The first-order chi connectivity index (χ1) is 12.4.